The van der Waals surface area contributed by atoms with Crippen LogP contribution in [0.5, 0.6) is 0 Å². The van der Waals surface area contributed by atoms with Gasteiger partial charge in [-0.25, -0.2) is 0 Å². The molecule has 1 aliphatic heterocycles. The zero-order chi connectivity index (χ0) is 32.1. The van der Waals surface area contributed by atoms with Crippen molar-refractivity contribution in [2.75, 3.05) is 46.1 Å². The lowest BCUT2D eigenvalue weighted by atomic mass is 9.50. The standard InChI is InChI=1S/C22H39NO5.C16H26O2/c24-13-18-20(26)21(27)19(25)12-23(18)4-2-1-3-5-28-14-22-9-15-6-16(10-22)8-17(7-15)11-22;17-4-2-1-3-5-18-12-16-9-13-6-14(10-16)8-15(7-13)11-16/h15-21,24-27H,1-14H2;4,13-15H,1-3,5-12H2/t15?,16?,17?,18-,19+,20-,21-,22?;/m0./s1. The Balaban J connectivity index is 0.000000178. The van der Waals surface area contributed by atoms with Crippen LogP contribution in [0.2, 0.25) is 0 Å². The number of aliphatic hydroxyl groups is 4. The van der Waals surface area contributed by atoms with Crippen LogP contribution in [0.15, 0.2) is 0 Å². The van der Waals surface area contributed by atoms with E-state index >= 15 is 0 Å². The summed E-state index contributed by atoms with van der Waals surface area (Å²) in [6, 6.07) is -0.495. The number of rotatable bonds is 16. The number of hydrogen-bond acceptors (Lipinski definition) is 8. The van der Waals surface area contributed by atoms with Gasteiger partial charge in [0.15, 0.2) is 0 Å². The Kier molecular flexibility index (Phi) is 12.2. The van der Waals surface area contributed by atoms with Gasteiger partial charge in [0.2, 0.25) is 0 Å². The van der Waals surface area contributed by atoms with Gasteiger partial charge in [0.25, 0.3) is 0 Å². The number of unbranched alkanes of at least 4 members (excludes halogenated alkanes) is 4. The normalized spacial score (nSPS) is 43.9. The smallest absolute Gasteiger partial charge is 0.119 e. The Hall–Kier alpha value is -0.610. The third-order valence-electron chi connectivity index (χ3n) is 13.5. The van der Waals surface area contributed by atoms with Gasteiger partial charge in [-0.1, -0.05) is 0 Å². The van der Waals surface area contributed by atoms with E-state index in [0.717, 1.165) is 100 Å². The lowest BCUT2D eigenvalue weighted by Crippen LogP contribution is -2.62. The molecule has 0 radical (unpaired) electrons. The minimum Gasteiger partial charge on any atom is -0.395 e. The van der Waals surface area contributed by atoms with Gasteiger partial charge in [0.05, 0.1) is 32.0 Å². The fraction of sp³-hybridized carbons (Fsp3) is 0.974. The summed E-state index contributed by atoms with van der Waals surface area (Å²) in [4.78, 5) is 12.1. The molecule has 0 amide bonds. The lowest BCUT2D eigenvalue weighted by Gasteiger charge is -2.56. The zero-order valence-electron chi connectivity index (χ0n) is 28.5. The van der Waals surface area contributed by atoms with Crippen molar-refractivity contribution in [2.45, 2.75) is 140 Å². The molecular formula is C38H65NO7. The molecule has 0 unspecified atom stereocenters. The van der Waals surface area contributed by atoms with Crippen molar-refractivity contribution < 1.29 is 34.7 Å². The highest BCUT2D eigenvalue weighted by Crippen LogP contribution is 2.61. The van der Waals surface area contributed by atoms with Crippen molar-refractivity contribution in [3.05, 3.63) is 0 Å². The third-order valence-corrected chi connectivity index (χ3v) is 13.5. The summed E-state index contributed by atoms with van der Waals surface area (Å²) in [7, 11) is 0. The predicted octanol–water partition coefficient (Wildman–Crippen LogP) is 4.74. The van der Waals surface area contributed by atoms with Gasteiger partial charge < -0.3 is 34.7 Å². The number of carbonyl (C=O) groups excluding carboxylic acids is 1. The summed E-state index contributed by atoms with van der Waals surface area (Å²) in [5.74, 6) is 5.99. The number of aliphatic hydroxyl groups excluding tert-OH is 4. The van der Waals surface area contributed by atoms with Gasteiger partial charge in [0.1, 0.15) is 18.5 Å². The van der Waals surface area contributed by atoms with Gasteiger partial charge in [-0.3, -0.25) is 4.90 Å². The average Bonchev–Trinajstić information content (AvgIpc) is 3.00. The van der Waals surface area contributed by atoms with Crippen molar-refractivity contribution in [1.29, 1.82) is 0 Å². The minimum absolute atomic E-state index is 0.209. The zero-order valence-corrected chi connectivity index (χ0v) is 28.5. The Morgan fingerprint density at radius 3 is 1.52 bits per heavy atom. The first-order chi connectivity index (χ1) is 22.3. The molecule has 4 N–H and O–H groups in total. The molecule has 0 aromatic carbocycles. The first kappa shape index (κ1) is 35.2. The van der Waals surface area contributed by atoms with E-state index in [1.165, 1.54) is 77.0 Å². The number of piperidine rings is 1. The second kappa shape index (κ2) is 15.9. The maximum absolute atomic E-state index is 10.2. The summed E-state index contributed by atoms with van der Waals surface area (Å²) in [5, 5.41) is 39.2. The van der Waals surface area contributed by atoms with Crippen LogP contribution >= 0.6 is 0 Å². The molecule has 46 heavy (non-hydrogen) atoms. The van der Waals surface area contributed by atoms with Gasteiger partial charge in [-0.15, -0.1) is 0 Å². The molecule has 0 aromatic heterocycles. The van der Waals surface area contributed by atoms with E-state index in [1.54, 1.807) is 0 Å². The molecule has 8 saturated carbocycles. The Labute approximate surface area is 278 Å². The largest absolute Gasteiger partial charge is 0.395 e. The summed E-state index contributed by atoms with van der Waals surface area (Å²) < 4.78 is 12.1. The lowest BCUT2D eigenvalue weighted by molar-refractivity contribution is -0.145. The fourth-order valence-electron chi connectivity index (χ4n) is 12.3. The molecule has 1 heterocycles. The number of β-amino-alcohol motifs (C(OH)–C–C–N with tert-alkyl or cyclic N) is 1. The monoisotopic (exact) mass is 647 g/mol. The summed E-state index contributed by atoms with van der Waals surface area (Å²) >= 11 is 0. The minimum atomic E-state index is -1.17. The van der Waals surface area contributed by atoms with Crippen molar-refractivity contribution in [3.63, 3.8) is 0 Å². The second-order valence-electron chi connectivity index (χ2n) is 17.5. The van der Waals surface area contributed by atoms with E-state index in [2.05, 4.69) is 0 Å². The van der Waals surface area contributed by atoms with E-state index in [9.17, 15) is 25.2 Å². The molecule has 8 nitrogen and oxygen atoms in total. The average molecular weight is 648 g/mol. The Morgan fingerprint density at radius 1 is 0.630 bits per heavy atom. The topological polar surface area (TPSA) is 120 Å². The van der Waals surface area contributed by atoms with Gasteiger partial charge in [-0.05, 0) is 162 Å². The van der Waals surface area contributed by atoms with Crippen molar-refractivity contribution in [3.8, 4) is 0 Å². The van der Waals surface area contributed by atoms with Crippen LogP contribution in [0.1, 0.15) is 116 Å². The first-order valence-electron chi connectivity index (χ1n) is 19.3. The molecule has 264 valence electrons. The maximum atomic E-state index is 10.2. The quantitative estimate of drug-likeness (QED) is 0.140. The van der Waals surface area contributed by atoms with Crippen molar-refractivity contribution in [2.24, 2.45) is 46.3 Å². The Morgan fingerprint density at radius 2 is 1.09 bits per heavy atom. The van der Waals surface area contributed by atoms with Gasteiger partial charge in [-0.2, -0.15) is 0 Å². The number of ether oxygens (including phenoxy) is 2. The van der Waals surface area contributed by atoms with Gasteiger partial charge in [0, 0.05) is 26.2 Å². The molecule has 0 spiro atoms. The Bertz CT molecular complexity index is 889. The van der Waals surface area contributed by atoms with Crippen molar-refractivity contribution >= 4 is 6.29 Å². The number of likely N-dealkylation sites (tertiary alicyclic amines) is 1. The molecule has 1 saturated heterocycles. The molecular weight excluding hydrogens is 582 g/mol. The summed E-state index contributed by atoms with van der Waals surface area (Å²) in [6.45, 7) is 4.42. The van der Waals surface area contributed by atoms with Crippen LogP contribution in [0.4, 0.5) is 0 Å². The maximum Gasteiger partial charge on any atom is 0.119 e. The SMILES string of the molecule is O=CCCCCOCC12CC3CC(CC(C3)C1)C2.OC[C@H]1[C@H](O)[C@@H](O)[C@H](O)CN1CCCCCOCC12CC3CC(CC(C3)C1)C2. The number of aldehydes is 1. The molecule has 9 fully saturated rings. The highest BCUT2D eigenvalue weighted by atomic mass is 16.5. The first-order valence-corrected chi connectivity index (χ1v) is 19.3. The molecule has 4 atom stereocenters. The third kappa shape index (κ3) is 8.57. The number of carbonyl (C=O) groups is 1. The predicted molar refractivity (Wildman–Crippen MR) is 177 cm³/mol. The van der Waals surface area contributed by atoms with Crippen LogP contribution in [0.25, 0.3) is 0 Å². The molecule has 9 rings (SSSR count). The highest BCUT2D eigenvalue weighted by molar-refractivity contribution is 5.48. The number of hydrogen-bond donors (Lipinski definition) is 4. The molecule has 8 heteroatoms. The van der Waals surface area contributed by atoms with Gasteiger partial charge >= 0.3 is 0 Å². The fourth-order valence-corrected chi connectivity index (χ4v) is 12.3. The van der Waals surface area contributed by atoms with E-state index in [4.69, 9.17) is 9.47 Å². The highest BCUT2D eigenvalue weighted by Gasteiger charge is 2.52. The number of nitrogens with zero attached hydrogens (tertiary/aromatic N) is 1. The molecule has 9 aliphatic rings. The molecule has 0 aromatic rings. The van der Waals surface area contributed by atoms with E-state index in [0.29, 0.717) is 30.3 Å². The second-order valence-corrected chi connectivity index (χ2v) is 17.5. The van der Waals surface area contributed by atoms with E-state index in [-0.39, 0.29) is 6.61 Å². The van der Waals surface area contributed by atoms with E-state index < -0.39 is 24.4 Å². The van der Waals surface area contributed by atoms with Crippen LogP contribution in [-0.4, -0.2) is 102 Å². The van der Waals surface area contributed by atoms with Crippen LogP contribution in [0, 0.1) is 46.3 Å². The van der Waals surface area contributed by atoms with Crippen LogP contribution in [0.3, 0.4) is 0 Å². The van der Waals surface area contributed by atoms with Crippen LogP contribution < -0.4 is 0 Å². The summed E-state index contributed by atoms with van der Waals surface area (Å²) in [5.41, 5.74) is 1.05. The van der Waals surface area contributed by atoms with Crippen LogP contribution in [-0.2, 0) is 14.3 Å². The molecule has 8 bridgehead atoms. The van der Waals surface area contributed by atoms with E-state index in [1.807, 2.05) is 4.90 Å². The summed E-state index contributed by atoms with van der Waals surface area (Å²) in [6.07, 6.45) is 21.0. The van der Waals surface area contributed by atoms with Crippen molar-refractivity contribution in [1.82, 2.24) is 4.90 Å². The molecule has 8 aliphatic carbocycles.